The predicted molar refractivity (Wildman–Crippen MR) is 85.4 cm³/mol. The lowest BCUT2D eigenvalue weighted by molar-refractivity contribution is -0.120. The van der Waals surface area contributed by atoms with Crippen molar-refractivity contribution in [2.75, 3.05) is 6.54 Å². The van der Waals surface area contributed by atoms with E-state index in [9.17, 15) is 9.00 Å². The van der Waals surface area contributed by atoms with E-state index in [1.54, 1.807) is 18.3 Å². The van der Waals surface area contributed by atoms with Crippen molar-refractivity contribution in [3.63, 3.8) is 0 Å². The van der Waals surface area contributed by atoms with Crippen LogP contribution in [0.2, 0.25) is 0 Å². The molecule has 0 unspecified atom stereocenters. The van der Waals surface area contributed by atoms with Crippen LogP contribution in [0.3, 0.4) is 0 Å². The van der Waals surface area contributed by atoms with Crippen LogP contribution >= 0.6 is 11.3 Å². The third-order valence-corrected chi connectivity index (χ3v) is 5.58. The van der Waals surface area contributed by atoms with Gasteiger partial charge >= 0.3 is 0 Å². The Bertz CT molecular complexity index is 469. The molecule has 1 aromatic heterocycles. The summed E-state index contributed by atoms with van der Waals surface area (Å²) >= 11 is 1.59. The Hall–Kier alpha value is -0.750. The number of hydrogen-bond donors (Lipinski definition) is 1. The van der Waals surface area contributed by atoms with Crippen LogP contribution in [0.4, 0.5) is 0 Å². The Morgan fingerprint density at radius 1 is 1.35 bits per heavy atom. The topological polar surface area (TPSA) is 59.1 Å². The van der Waals surface area contributed by atoms with E-state index in [2.05, 4.69) is 24.1 Å². The Balaban J connectivity index is 2.54. The van der Waals surface area contributed by atoms with E-state index >= 15 is 0 Å². The SMILES string of the molecule is CC(C)CNC(=O)[C@H](C)[S@](=O)Cc1csc(C(C)C)n1. The fourth-order valence-corrected chi connectivity index (χ4v) is 3.44. The highest BCUT2D eigenvalue weighted by atomic mass is 32.2. The number of amides is 1. The van der Waals surface area contributed by atoms with Crippen LogP contribution in [0.5, 0.6) is 0 Å². The molecule has 6 heteroatoms. The molecule has 1 aromatic rings. The average molecular weight is 316 g/mol. The van der Waals surface area contributed by atoms with E-state index in [0.29, 0.717) is 24.1 Å². The summed E-state index contributed by atoms with van der Waals surface area (Å²) in [6, 6.07) is 0. The average Bonchev–Trinajstić information content (AvgIpc) is 2.83. The maximum Gasteiger partial charge on any atom is 0.235 e. The van der Waals surface area contributed by atoms with Crippen molar-refractivity contribution in [3.05, 3.63) is 16.1 Å². The van der Waals surface area contributed by atoms with Gasteiger partial charge in [0.2, 0.25) is 5.91 Å². The monoisotopic (exact) mass is 316 g/mol. The van der Waals surface area contributed by atoms with Crippen molar-refractivity contribution in [3.8, 4) is 0 Å². The van der Waals surface area contributed by atoms with Gasteiger partial charge in [0.15, 0.2) is 0 Å². The zero-order chi connectivity index (χ0) is 15.3. The molecule has 0 aliphatic rings. The maximum atomic E-state index is 12.2. The van der Waals surface area contributed by atoms with Gasteiger partial charge in [0.25, 0.3) is 0 Å². The molecular formula is C14H24N2O2S2. The highest BCUT2D eigenvalue weighted by Gasteiger charge is 2.21. The van der Waals surface area contributed by atoms with Crippen molar-refractivity contribution in [1.29, 1.82) is 0 Å². The number of hydrogen-bond acceptors (Lipinski definition) is 4. The number of aromatic nitrogens is 1. The second-order valence-electron chi connectivity index (χ2n) is 5.64. The first kappa shape index (κ1) is 17.3. The molecule has 0 aliphatic heterocycles. The summed E-state index contributed by atoms with van der Waals surface area (Å²) in [6.45, 7) is 10.6. The summed E-state index contributed by atoms with van der Waals surface area (Å²) < 4.78 is 12.2. The molecule has 0 aliphatic carbocycles. The van der Waals surface area contributed by atoms with E-state index in [4.69, 9.17) is 0 Å². The van der Waals surface area contributed by atoms with Gasteiger partial charge in [-0.25, -0.2) is 4.98 Å². The molecule has 114 valence electrons. The first-order chi connectivity index (χ1) is 9.31. The van der Waals surface area contributed by atoms with Gasteiger partial charge in [-0.2, -0.15) is 0 Å². The number of carbonyl (C=O) groups is 1. The van der Waals surface area contributed by atoms with Crippen LogP contribution in [0, 0.1) is 5.92 Å². The lowest BCUT2D eigenvalue weighted by Crippen LogP contribution is -2.37. The Kier molecular flexibility index (Phi) is 6.82. The number of nitrogens with zero attached hydrogens (tertiary/aromatic N) is 1. The predicted octanol–water partition coefficient (Wildman–Crippen LogP) is 2.68. The molecule has 0 spiro atoms. The van der Waals surface area contributed by atoms with Crippen LogP contribution in [0.25, 0.3) is 0 Å². The Labute approximate surface area is 127 Å². The molecule has 0 fully saturated rings. The van der Waals surface area contributed by atoms with E-state index in [-0.39, 0.29) is 5.91 Å². The van der Waals surface area contributed by atoms with Gasteiger partial charge in [-0.15, -0.1) is 11.3 Å². The third kappa shape index (κ3) is 5.32. The standard InChI is InChI=1S/C14H24N2O2S2/c1-9(2)6-15-13(17)11(5)20(18)8-12-7-19-14(16-12)10(3)4/h7,9-11H,6,8H2,1-5H3,(H,15,17)/t11-,20+/m0/s1. The fraction of sp³-hybridized carbons (Fsp3) is 0.714. The summed E-state index contributed by atoms with van der Waals surface area (Å²) in [4.78, 5) is 16.3. The van der Waals surface area contributed by atoms with E-state index in [1.807, 2.05) is 19.2 Å². The van der Waals surface area contributed by atoms with Crippen molar-refractivity contribution in [2.45, 2.75) is 51.5 Å². The number of carbonyl (C=O) groups excluding carboxylic acids is 1. The van der Waals surface area contributed by atoms with Gasteiger partial charge in [0.05, 0.1) is 16.5 Å². The molecule has 20 heavy (non-hydrogen) atoms. The second-order valence-corrected chi connectivity index (χ2v) is 8.29. The molecule has 0 saturated carbocycles. The first-order valence-corrected chi connectivity index (χ1v) is 9.16. The minimum Gasteiger partial charge on any atom is -0.355 e. The number of rotatable bonds is 7. The van der Waals surface area contributed by atoms with Crippen LogP contribution < -0.4 is 5.32 Å². The van der Waals surface area contributed by atoms with Crippen molar-refractivity contribution < 1.29 is 9.00 Å². The van der Waals surface area contributed by atoms with Crippen LogP contribution in [0.1, 0.15) is 51.2 Å². The first-order valence-electron chi connectivity index (χ1n) is 6.90. The molecule has 1 rings (SSSR count). The molecule has 1 heterocycles. The van der Waals surface area contributed by atoms with Crippen molar-refractivity contribution in [1.82, 2.24) is 10.3 Å². The quantitative estimate of drug-likeness (QED) is 0.841. The number of nitrogens with one attached hydrogen (secondary N) is 1. The van der Waals surface area contributed by atoms with Gasteiger partial charge in [0, 0.05) is 28.6 Å². The maximum absolute atomic E-state index is 12.2. The minimum atomic E-state index is -1.23. The third-order valence-electron chi connectivity index (χ3n) is 2.80. The van der Waals surface area contributed by atoms with E-state index < -0.39 is 16.0 Å². The normalized spacial score (nSPS) is 14.6. The summed E-state index contributed by atoms with van der Waals surface area (Å²) in [5.41, 5.74) is 0.820. The molecule has 1 amide bonds. The van der Waals surface area contributed by atoms with Gasteiger partial charge in [0.1, 0.15) is 5.25 Å². The largest absolute Gasteiger partial charge is 0.355 e. The summed E-state index contributed by atoms with van der Waals surface area (Å²) in [5, 5.41) is 5.31. The van der Waals surface area contributed by atoms with Gasteiger partial charge in [-0.1, -0.05) is 27.7 Å². The lowest BCUT2D eigenvalue weighted by Gasteiger charge is -2.12. The van der Waals surface area contributed by atoms with Crippen LogP contribution in [0.15, 0.2) is 5.38 Å². The van der Waals surface area contributed by atoms with Crippen LogP contribution in [-0.4, -0.2) is 26.9 Å². The molecule has 0 radical (unpaired) electrons. The van der Waals surface area contributed by atoms with E-state index in [0.717, 1.165) is 10.7 Å². The highest BCUT2D eigenvalue weighted by Crippen LogP contribution is 2.20. The molecule has 1 N–H and O–H groups in total. The fourth-order valence-electron chi connectivity index (χ4n) is 1.49. The van der Waals surface area contributed by atoms with Gasteiger partial charge in [-0.3, -0.25) is 9.00 Å². The summed E-state index contributed by atoms with van der Waals surface area (Å²) in [5.74, 6) is 0.983. The summed E-state index contributed by atoms with van der Waals surface area (Å²) in [7, 11) is -1.23. The smallest absolute Gasteiger partial charge is 0.235 e. The molecule has 4 nitrogen and oxygen atoms in total. The molecule has 2 atom stereocenters. The Morgan fingerprint density at radius 3 is 2.50 bits per heavy atom. The second kappa shape index (κ2) is 7.88. The van der Waals surface area contributed by atoms with Gasteiger partial charge in [-0.05, 0) is 12.8 Å². The van der Waals surface area contributed by atoms with E-state index in [1.165, 1.54) is 0 Å². The molecule has 0 aromatic carbocycles. The van der Waals surface area contributed by atoms with Crippen molar-refractivity contribution in [2.24, 2.45) is 5.92 Å². The van der Waals surface area contributed by atoms with Gasteiger partial charge < -0.3 is 5.32 Å². The molecular weight excluding hydrogens is 292 g/mol. The molecule has 0 saturated heterocycles. The van der Waals surface area contributed by atoms with Crippen LogP contribution in [-0.2, 0) is 21.3 Å². The minimum absolute atomic E-state index is 0.142. The molecule has 0 bridgehead atoms. The zero-order valence-corrected chi connectivity index (χ0v) is 14.4. The van der Waals surface area contributed by atoms with Crippen molar-refractivity contribution >= 4 is 28.0 Å². The lowest BCUT2D eigenvalue weighted by atomic mass is 10.2. The number of thiazole rings is 1. The highest BCUT2D eigenvalue weighted by molar-refractivity contribution is 7.85. The Morgan fingerprint density at radius 2 is 2.00 bits per heavy atom. The zero-order valence-electron chi connectivity index (χ0n) is 12.8. The summed E-state index contributed by atoms with van der Waals surface area (Å²) in [6.07, 6.45) is 0.